The second kappa shape index (κ2) is 14.2. The number of hydrogen-bond donors (Lipinski definition) is 0. The molecule has 0 N–H and O–H groups in total. The van der Waals surface area contributed by atoms with Crippen molar-refractivity contribution in [1.29, 1.82) is 0 Å². The van der Waals surface area contributed by atoms with E-state index in [1.165, 1.54) is 97.2 Å². The van der Waals surface area contributed by atoms with E-state index in [0.29, 0.717) is 0 Å². The Bertz CT molecular complexity index is 3130. The van der Waals surface area contributed by atoms with Crippen LogP contribution in [-0.2, 0) is 0 Å². The lowest BCUT2D eigenvalue weighted by Crippen LogP contribution is -2.53. The molecule has 0 amide bonds. The van der Waals surface area contributed by atoms with Gasteiger partial charge in [-0.15, -0.1) is 0 Å². The minimum atomic E-state index is -2.00. The molecule has 2 heteroatoms. The first-order valence-electron chi connectivity index (χ1n) is 20.5. The summed E-state index contributed by atoms with van der Waals surface area (Å²) < 4.78 is 0. The van der Waals surface area contributed by atoms with Crippen molar-refractivity contribution in [1.82, 2.24) is 0 Å². The van der Waals surface area contributed by atoms with E-state index in [1.54, 1.807) is 0 Å². The fourth-order valence-electron chi connectivity index (χ4n) is 9.39. The lowest BCUT2D eigenvalue weighted by molar-refractivity contribution is 1.63. The molecule has 278 valence electrons. The summed E-state index contributed by atoms with van der Waals surface area (Å²) in [5.41, 5.74) is 7.56. The van der Waals surface area contributed by atoms with Crippen LogP contribution in [0.5, 0.6) is 0 Å². The molecule has 0 aliphatic heterocycles. The molecule has 0 radical (unpaired) electrons. The topological polar surface area (TPSA) is 0 Å². The highest BCUT2D eigenvalue weighted by molar-refractivity contribution is 7.02. The zero-order valence-electron chi connectivity index (χ0n) is 33.6. The minimum Gasteiger partial charge on any atom is -0.0622 e. The van der Waals surface area contributed by atoms with Crippen LogP contribution >= 0.6 is 0 Å². The van der Waals surface area contributed by atoms with Gasteiger partial charge in [-0.25, -0.2) is 0 Å². The van der Waals surface area contributed by atoms with Crippen LogP contribution in [0.4, 0.5) is 0 Å². The largest absolute Gasteiger partial charge is 0.113 e. The molecule has 0 saturated heterocycles. The molecule has 10 rings (SSSR count). The summed E-state index contributed by atoms with van der Waals surface area (Å²) in [6.45, 7) is 9.94. The predicted octanol–water partition coefficient (Wildman–Crippen LogP) is 12.9. The van der Waals surface area contributed by atoms with Crippen molar-refractivity contribution in [3.05, 3.63) is 206 Å². The third-order valence-electron chi connectivity index (χ3n) is 12.9. The Balaban J connectivity index is 1.13. The van der Waals surface area contributed by atoms with Crippen LogP contribution in [0.3, 0.4) is 0 Å². The molecule has 10 aromatic carbocycles. The van der Waals surface area contributed by atoms with Crippen molar-refractivity contribution in [3.63, 3.8) is 0 Å². The second-order valence-electron chi connectivity index (χ2n) is 16.9. The number of rotatable bonds is 7. The number of benzene rings is 10. The van der Waals surface area contributed by atoms with Crippen LogP contribution in [0.15, 0.2) is 206 Å². The summed E-state index contributed by atoms with van der Waals surface area (Å²) in [5.74, 6) is 0. The molecular formula is C56H46Si2. The van der Waals surface area contributed by atoms with E-state index < -0.39 is 16.1 Å². The zero-order chi connectivity index (χ0) is 39.4. The van der Waals surface area contributed by atoms with Crippen LogP contribution < -0.4 is 20.7 Å². The van der Waals surface area contributed by atoms with E-state index >= 15 is 0 Å². The third-order valence-corrected chi connectivity index (χ3v) is 19.9. The monoisotopic (exact) mass is 774 g/mol. The minimum absolute atomic E-state index is 1.23. The highest BCUT2D eigenvalue weighted by Gasteiger charge is 2.29. The van der Waals surface area contributed by atoms with Crippen LogP contribution in [0, 0.1) is 0 Å². The summed E-state index contributed by atoms with van der Waals surface area (Å²) in [7, 11) is -3.96. The van der Waals surface area contributed by atoms with Crippen LogP contribution in [-0.4, -0.2) is 16.1 Å². The van der Waals surface area contributed by atoms with E-state index in [1.807, 2.05) is 0 Å². The van der Waals surface area contributed by atoms with E-state index in [2.05, 4.69) is 232 Å². The highest BCUT2D eigenvalue weighted by Crippen LogP contribution is 2.44. The normalized spacial score (nSPS) is 12.1. The van der Waals surface area contributed by atoms with Gasteiger partial charge in [0, 0.05) is 0 Å². The number of hydrogen-bond acceptors (Lipinski definition) is 0. The molecule has 0 aliphatic rings. The Morgan fingerprint density at radius 3 is 1.41 bits per heavy atom. The third kappa shape index (κ3) is 6.12. The lowest BCUT2D eigenvalue weighted by atomic mass is 9.85. The van der Waals surface area contributed by atoms with Gasteiger partial charge < -0.3 is 0 Å². The predicted molar refractivity (Wildman–Crippen MR) is 259 cm³/mol. The maximum Gasteiger partial charge on any atom is 0.113 e. The molecule has 10 aromatic rings. The van der Waals surface area contributed by atoms with Gasteiger partial charge in [-0.1, -0.05) is 242 Å². The van der Waals surface area contributed by atoms with Crippen molar-refractivity contribution in [2.75, 3.05) is 0 Å². The Morgan fingerprint density at radius 1 is 0.259 bits per heavy atom. The summed E-state index contributed by atoms with van der Waals surface area (Å²) in [6, 6.07) is 77.6. The Hall–Kier alpha value is -6.33. The van der Waals surface area contributed by atoms with E-state index in [-0.39, 0.29) is 0 Å². The van der Waals surface area contributed by atoms with Crippen LogP contribution in [0.2, 0.25) is 26.2 Å². The van der Waals surface area contributed by atoms with Gasteiger partial charge in [0.25, 0.3) is 0 Å². The highest BCUT2D eigenvalue weighted by atomic mass is 28.3. The molecule has 0 atom stereocenters. The van der Waals surface area contributed by atoms with Gasteiger partial charge in [0.05, 0.1) is 0 Å². The van der Waals surface area contributed by atoms with Gasteiger partial charge in [-0.05, 0) is 87.7 Å². The molecule has 58 heavy (non-hydrogen) atoms. The van der Waals surface area contributed by atoms with Gasteiger partial charge in [0.2, 0.25) is 0 Å². The first kappa shape index (κ1) is 36.0. The van der Waals surface area contributed by atoms with Crippen molar-refractivity contribution >= 4 is 80.0 Å². The second-order valence-corrected chi connectivity index (χ2v) is 25.7. The van der Waals surface area contributed by atoms with Gasteiger partial charge >= 0.3 is 0 Å². The maximum absolute atomic E-state index is 2.49. The standard InChI is InChI=1S/C56H46Si2/c1-57(2,48-35-25-40-17-8-9-19-44(40)37-48)46-31-26-43(27-32-46)56-51-23-13-12-22-50(51)55(52-36-30-45(38-53(52)56)39-15-6-5-7-16-39)42-28-33-47(34-29-42)58(3,4)54-24-14-20-41-18-10-11-21-49(41)54/h5-38H,1-4H3. The fourth-order valence-corrected chi connectivity index (χ4v) is 14.5. The molecule has 0 spiro atoms. The Morgan fingerprint density at radius 2 is 0.741 bits per heavy atom. The lowest BCUT2D eigenvalue weighted by Gasteiger charge is -2.26. The van der Waals surface area contributed by atoms with E-state index in [0.717, 1.165) is 0 Å². The van der Waals surface area contributed by atoms with E-state index in [4.69, 9.17) is 0 Å². The van der Waals surface area contributed by atoms with Crippen molar-refractivity contribution in [2.45, 2.75) is 26.2 Å². The molecule has 0 fully saturated rings. The average molecular weight is 775 g/mol. The van der Waals surface area contributed by atoms with Gasteiger partial charge in [-0.3, -0.25) is 0 Å². The summed E-state index contributed by atoms with van der Waals surface area (Å²) in [4.78, 5) is 0. The summed E-state index contributed by atoms with van der Waals surface area (Å²) in [5, 5.41) is 16.3. The molecule has 0 bridgehead atoms. The first-order chi connectivity index (χ1) is 28.3. The zero-order valence-corrected chi connectivity index (χ0v) is 35.6. The summed E-state index contributed by atoms with van der Waals surface area (Å²) in [6.07, 6.45) is 0. The first-order valence-corrected chi connectivity index (χ1v) is 26.5. The molecular weight excluding hydrogens is 729 g/mol. The maximum atomic E-state index is 2.49. The molecule has 0 heterocycles. The smallest absolute Gasteiger partial charge is 0.0622 e. The quantitative estimate of drug-likeness (QED) is 0.112. The van der Waals surface area contributed by atoms with Crippen LogP contribution in [0.1, 0.15) is 0 Å². The fraction of sp³-hybridized carbons (Fsp3) is 0.0714. The van der Waals surface area contributed by atoms with Crippen molar-refractivity contribution in [3.8, 4) is 33.4 Å². The average Bonchev–Trinajstić information content (AvgIpc) is 3.28. The van der Waals surface area contributed by atoms with Gasteiger partial charge in [-0.2, -0.15) is 0 Å². The Labute approximate surface area is 344 Å². The molecule has 0 unspecified atom stereocenters. The van der Waals surface area contributed by atoms with Gasteiger partial charge in [0.1, 0.15) is 16.1 Å². The Kier molecular flexibility index (Phi) is 8.86. The van der Waals surface area contributed by atoms with Crippen molar-refractivity contribution in [2.24, 2.45) is 0 Å². The van der Waals surface area contributed by atoms with Crippen LogP contribution in [0.25, 0.3) is 76.5 Å². The molecule has 0 aliphatic carbocycles. The molecule has 0 saturated carbocycles. The van der Waals surface area contributed by atoms with Crippen molar-refractivity contribution < 1.29 is 0 Å². The molecule has 0 aromatic heterocycles. The summed E-state index contributed by atoms with van der Waals surface area (Å²) >= 11 is 0. The van der Waals surface area contributed by atoms with E-state index in [9.17, 15) is 0 Å². The number of fused-ring (bicyclic) bond motifs is 4. The SMILES string of the molecule is C[Si](C)(c1ccc(-c2c3ccccc3c(-c3ccc([Si](C)(C)c4cccc5ccccc45)cc3)c3ccc(-c4ccccc4)cc23)cc1)c1ccc2ccccc2c1. The van der Waals surface area contributed by atoms with Gasteiger partial charge in [0.15, 0.2) is 0 Å². The molecule has 0 nitrogen and oxygen atoms in total.